The molecular weight excluding hydrogens is 719 g/mol. The van der Waals surface area contributed by atoms with E-state index in [1.165, 1.54) is 128 Å². The van der Waals surface area contributed by atoms with Gasteiger partial charge in [-0.05, 0) is 46.8 Å². The molecular formula is C40H48IrNO2-. The maximum absolute atomic E-state index is 11.7. The monoisotopic (exact) mass is 767 g/mol. The molecule has 0 amide bonds. The van der Waals surface area contributed by atoms with E-state index >= 15 is 0 Å². The van der Waals surface area contributed by atoms with Crippen LogP contribution in [0.15, 0.2) is 48.4 Å². The first-order valence-corrected chi connectivity index (χ1v) is 17.0. The van der Waals surface area contributed by atoms with Gasteiger partial charge in [0.25, 0.3) is 0 Å². The minimum absolute atomic E-state index is 0. The molecule has 4 aliphatic rings. The molecule has 3 aromatic rings. The number of benzene rings is 2. The van der Waals surface area contributed by atoms with Gasteiger partial charge in [0.1, 0.15) is 0 Å². The van der Waals surface area contributed by atoms with Crippen LogP contribution in [0.5, 0.6) is 0 Å². The Kier molecular flexibility index (Phi) is 11.3. The van der Waals surface area contributed by atoms with Crippen LogP contribution < -0.4 is 0 Å². The minimum atomic E-state index is 0. The summed E-state index contributed by atoms with van der Waals surface area (Å²) in [5.41, 5.74) is 8.78. The first kappa shape index (κ1) is 32.8. The molecule has 44 heavy (non-hydrogen) atoms. The van der Waals surface area contributed by atoms with E-state index in [-0.39, 0.29) is 25.9 Å². The van der Waals surface area contributed by atoms with Crippen molar-refractivity contribution in [2.24, 2.45) is 17.8 Å². The van der Waals surface area contributed by atoms with Crippen molar-refractivity contribution in [3.8, 4) is 0 Å². The summed E-state index contributed by atoms with van der Waals surface area (Å²) in [7, 11) is 0. The van der Waals surface area contributed by atoms with Crippen molar-refractivity contribution >= 4 is 28.2 Å². The third-order valence-corrected chi connectivity index (χ3v) is 10.2. The second-order valence-corrected chi connectivity index (χ2v) is 13.9. The number of nitrogens with zero attached hydrogens (tertiary/aromatic N) is 1. The van der Waals surface area contributed by atoms with Crippen molar-refractivity contribution in [2.75, 3.05) is 0 Å². The molecule has 4 aliphatic carbocycles. The van der Waals surface area contributed by atoms with E-state index in [9.17, 15) is 9.90 Å². The van der Waals surface area contributed by atoms with Crippen molar-refractivity contribution < 1.29 is 30.0 Å². The molecule has 0 atom stereocenters. The van der Waals surface area contributed by atoms with Gasteiger partial charge in [0, 0.05) is 56.3 Å². The molecule has 235 valence electrons. The van der Waals surface area contributed by atoms with E-state index in [2.05, 4.69) is 56.3 Å². The Balaban J connectivity index is 0.000000187. The Morgan fingerprint density at radius 3 is 2.18 bits per heavy atom. The second kappa shape index (κ2) is 15.2. The SMILES string of the molecule is Cc1[c-]c(C2=Cc3cc(CC4CCCC4)cc4ccnc2c34)cc(C)c1.O=C(/C=C(\O)CC1CCCC1)CC1CCCC1.[Ir]. The molecule has 0 spiro atoms. The largest absolute Gasteiger partial charge is 0.512 e. The fraction of sp³-hybridized carbons (Fsp3) is 0.500. The Morgan fingerprint density at radius 2 is 1.52 bits per heavy atom. The van der Waals surface area contributed by atoms with Gasteiger partial charge in [-0.2, -0.15) is 0 Å². The third kappa shape index (κ3) is 8.18. The summed E-state index contributed by atoms with van der Waals surface area (Å²) in [5.74, 6) is 2.52. The first-order valence-electron chi connectivity index (χ1n) is 17.0. The van der Waals surface area contributed by atoms with Crippen molar-refractivity contribution in [2.45, 2.75) is 110 Å². The van der Waals surface area contributed by atoms with Crippen LogP contribution >= 0.6 is 0 Å². The van der Waals surface area contributed by atoms with Gasteiger partial charge in [0.2, 0.25) is 0 Å². The molecule has 1 radical (unpaired) electrons. The number of hydrogen-bond acceptors (Lipinski definition) is 3. The van der Waals surface area contributed by atoms with Gasteiger partial charge >= 0.3 is 0 Å². The molecule has 0 bridgehead atoms. The van der Waals surface area contributed by atoms with Gasteiger partial charge in [-0.25, -0.2) is 0 Å². The predicted octanol–water partition coefficient (Wildman–Crippen LogP) is 10.4. The van der Waals surface area contributed by atoms with Crippen molar-refractivity contribution in [3.05, 3.63) is 87.9 Å². The maximum Gasteiger partial charge on any atom is 0.159 e. The average molecular weight is 767 g/mol. The first-order chi connectivity index (χ1) is 20.9. The number of carbonyl (C=O) groups excluding carboxylic acids is 1. The summed E-state index contributed by atoms with van der Waals surface area (Å²) in [6.45, 7) is 4.27. The summed E-state index contributed by atoms with van der Waals surface area (Å²) in [5, 5.41) is 12.4. The number of aromatic nitrogens is 1. The Morgan fingerprint density at radius 1 is 0.886 bits per heavy atom. The van der Waals surface area contributed by atoms with Gasteiger partial charge < -0.3 is 5.11 Å². The number of aryl methyl sites for hydroxylation is 2. The summed E-state index contributed by atoms with van der Waals surface area (Å²) >= 11 is 0. The van der Waals surface area contributed by atoms with E-state index < -0.39 is 0 Å². The van der Waals surface area contributed by atoms with Crippen LogP contribution in [0.4, 0.5) is 0 Å². The number of aliphatic hydroxyl groups is 1. The quantitative estimate of drug-likeness (QED) is 0.110. The standard InChI is InChI=1S/C25H24N.C15H24O2.Ir/c1-16-9-17(2)11-21(10-16)23-15-22-14-19(12-18-5-3-4-6-18)13-20-7-8-26-25(23)24(20)22;16-14(9-12-5-1-2-6-12)11-15(17)10-13-7-3-4-8-13;/h7-10,13-15,18H,3-6,12H2,1-2H3;11-13,16H,1-10H2;/q-1;;/b;14-11-;. The van der Waals surface area contributed by atoms with Crippen LogP contribution in [0.25, 0.3) is 22.4 Å². The smallest absolute Gasteiger partial charge is 0.159 e. The van der Waals surface area contributed by atoms with Crippen LogP contribution in [0.1, 0.15) is 123 Å². The van der Waals surface area contributed by atoms with Gasteiger partial charge in [-0.15, -0.1) is 34.9 Å². The normalized spacial score (nSPS) is 18.8. The molecule has 3 nitrogen and oxygen atoms in total. The molecule has 0 aliphatic heterocycles. The minimum Gasteiger partial charge on any atom is -0.512 e. The molecule has 0 unspecified atom stereocenters. The summed E-state index contributed by atoms with van der Waals surface area (Å²) in [4.78, 5) is 16.5. The molecule has 1 heterocycles. The van der Waals surface area contributed by atoms with Gasteiger partial charge in [0.05, 0.1) is 5.76 Å². The maximum atomic E-state index is 11.7. The fourth-order valence-corrected chi connectivity index (χ4v) is 8.18. The topological polar surface area (TPSA) is 50.2 Å². The predicted molar refractivity (Wildman–Crippen MR) is 178 cm³/mol. The van der Waals surface area contributed by atoms with Crippen LogP contribution in [-0.2, 0) is 31.3 Å². The number of carbonyl (C=O) groups is 1. The Bertz CT molecular complexity index is 1500. The fourth-order valence-electron chi connectivity index (χ4n) is 8.18. The Labute approximate surface area is 278 Å². The van der Waals surface area contributed by atoms with Crippen molar-refractivity contribution in [1.29, 1.82) is 0 Å². The average Bonchev–Trinajstić information content (AvgIpc) is 3.78. The molecule has 1 N–H and O–H groups in total. The van der Waals surface area contributed by atoms with Crippen molar-refractivity contribution in [1.82, 2.24) is 4.98 Å². The Hall–Kier alpha value is -2.55. The number of allylic oxidation sites excluding steroid dienone is 2. The van der Waals surface area contributed by atoms with Crippen LogP contribution in [0, 0.1) is 37.7 Å². The van der Waals surface area contributed by atoms with Crippen LogP contribution in [0.2, 0.25) is 0 Å². The molecule has 7 rings (SSSR count). The van der Waals surface area contributed by atoms with E-state index in [1.807, 2.05) is 6.20 Å². The number of hydrogen-bond donors (Lipinski definition) is 1. The van der Waals surface area contributed by atoms with Gasteiger partial charge in [0.15, 0.2) is 5.78 Å². The van der Waals surface area contributed by atoms with Crippen LogP contribution in [-0.4, -0.2) is 15.9 Å². The molecule has 3 fully saturated rings. The van der Waals surface area contributed by atoms with E-state index in [0.717, 1.165) is 23.6 Å². The zero-order valence-corrected chi connectivity index (χ0v) is 29.0. The number of aliphatic hydroxyl groups excluding tert-OH is 1. The van der Waals surface area contributed by atoms with E-state index in [4.69, 9.17) is 4.98 Å². The third-order valence-electron chi connectivity index (χ3n) is 10.2. The number of pyridine rings is 1. The zero-order chi connectivity index (χ0) is 29.8. The van der Waals surface area contributed by atoms with Gasteiger partial charge in [-0.3, -0.25) is 9.78 Å². The molecule has 0 saturated heterocycles. The molecule has 4 heteroatoms. The van der Waals surface area contributed by atoms with Crippen LogP contribution in [0.3, 0.4) is 0 Å². The van der Waals surface area contributed by atoms with Crippen molar-refractivity contribution in [3.63, 3.8) is 0 Å². The number of ketones is 1. The molecule has 3 saturated carbocycles. The summed E-state index contributed by atoms with van der Waals surface area (Å²) in [6, 6.07) is 14.9. The summed E-state index contributed by atoms with van der Waals surface area (Å²) < 4.78 is 0. The second-order valence-electron chi connectivity index (χ2n) is 13.9. The molecule has 2 aromatic carbocycles. The van der Waals surface area contributed by atoms with E-state index in [1.54, 1.807) is 0 Å². The molecule has 1 aromatic heterocycles. The van der Waals surface area contributed by atoms with Gasteiger partial charge in [-0.1, -0.05) is 115 Å². The van der Waals surface area contributed by atoms with E-state index in [0.29, 0.717) is 24.0 Å². The zero-order valence-electron chi connectivity index (χ0n) is 26.6. The number of rotatable bonds is 8. The summed E-state index contributed by atoms with van der Waals surface area (Å²) in [6.07, 6.45) is 23.9.